The van der Waals surface area contributed by atoms with Gasteiger partial charge in [-0.15, -0.1) is 0 Å². The van der Waals surface area contributed by atoms with Crippen LogP contribution < -0.4 is 5.32 Å². The Morgan fingerprint density at radius 3 is 2.56 bits per heavy atom. The lowest BCUT2D eigenvalue weighted by atomic mass is 9.80. The summed E-state index contributed by atoms with van der Waals surface area (Å²) >= 11 is 0. The Morgan fingerprint density at radius 2 is 2.11 bits per heavy atom. The van der Waals surface area contributed by atoms with E-state index in [1.54, 1.807) is 0 Å². The maximum absolute atomic E-state index is 10.1. The first-order valence-electron chi connectivity index (χ1n) is 7.18. The number of guanidine groups is 1. The molecule has 2 rings (SSSR count). The zero-order valence-electron chi connectivity index (χ0n) is 12.0. The fourth-order valence-electron chi connectivity index (χ4n) is 2.83. The van der Waals surface area contributed by atoms with Crippen LogP contribution in [0.2, 0.25) is 0 Å². The summed E-state index contributed by atoms with van der Waals surface area (Å²) < 4.78 is 0. The summed E-state index contributed by atoms with van der Waals surface area (Å²) in [4.78, 5) is 6.68. The molecule has 1 aliphatic carbocycles. The molecule has 1 saturated carbocycles. The first-order chi connectivity index (χ1) is 8.50. The van der Waals surface area contributed by atoms with Gasteiger partial charge in [0, 0.05) is 26.7 Å². The van der Waals surface area contributed by atoms with Crippen molar-refractivity contribution in [2.45, 2.75) is 51.6 Å². The maximum Gasteiger partial charge on any atom is 0.193 e. The molecule has 2 fully saturated rings. The predicted octanol–water partition coefficient (Wildman–Crippen LogP) is 1.60. The number of likely N-dealkylation sites (tertiary alicyclic amines) is 1. The number of aliphatic hydroxyl groups is 1. The van der Waals surface area contributed by atoms with Crippen LogP contribution in [0.5, 0.6) is 0 Å². The number of aliphatic imine (C=N–C) groups is 1. The minimum Gasteiger partial charge on any atom is -0.388 e. The van der Waals surface area contributed by atoms with Gasteiger partial charge in [0.2, 0.25) is 0 Å². The molecule has 0 aromatic carbocycles. The van der Waals surface area contributed by atoms with E-state index in [-0.39, 0.29) is 0 Å². The van der Waals surface area contributed by atoms with E-state index in [4.69, 9.17) is 0 Å². The summed E-state index contributed by atoms with van der Waals surface area (Å²) in [6, 6.07) is 0. The number of nitrogens with zero attached hydrogens (tertiary/aromatic N) is 2. The molecule has 4 heteroatoms. The zero-order valence-corrected chi connectivity index (χ0v) is 12.0. The highest BCUT2D eigenvalue weighted by Crippen LogP contribution is 2.33. The monoisotopic (exact) mass is 253 g/mol. The van der Waals surface area contributed by atoms with Crippen LogP contribution in [-0.2, 0) is 0 Å². The van der Waals surface area contributed by atoms with Gasteiger partial charge in [0.25, 0.3) is 0 Å². The fraction of sp³-hybridized carbons (Fsp3) is 0.929. The number of nitrogens with one attached hydrogen (secondary N) is 1. The van der Waals surface area contributed by atoms with Crippen molar-refractivity contribution in [2.24, 2.45) is 10.4 Å². The van der Waals surface area contributed by atoms with Crippen molar-refractivity contribution >= 4 is 5.96 Å². The van der Waals surface area contributed by atoms with Crippen LogP contribution in [0.4, 0.5) is 0 Å². The highest BCUT2D eigenvalue weighted by atomic mass is 16.3. The molecule has 104 valence electrons. The van der Waals surface area contributed by atoms with E-state index in [2.05, 4.69) is 29.1 Å². The molecule has 0 spiro atoms. The van der Waals surface area contributed by atoms with Gasteiger partial charge in [0.1, 0.15) is 0 Å². The number of rotatable bonds is 3. The average Bonchev–Trinajstić information content (AvgIpc) is 2.71. The van der Waals surface area contributed by atoms with E-state index in [0.717, 1.165) is 38.3 Å². The third-order valence-corrected chi connectivity index (χ3v) is 4.78. The quantitative estimate of drug-likeness (QED) is 0.593. The lowest BCUT2D eigenvalue weighted by Crippen LogP contribution is -2.51. The summed E-state index contributed by atoms with van der Waals surface area (Å²) in [5.41, 5.74) is -0.0608. The molecule has 0 radical (unpaired) electrons. The topological polar surface area (TPSA) is 47.9 Å². The molecule has 1 unspecified atom stereocenters. The number of hydrogen-bond donors (Lipinski definition) is 2. The van der Waals surface area contributed by atoms with Crippen LogP contribution in [0.1, 0.15) is 46.0 Å². The van der Waals surface area contributed by atoms with Gasteiger partial charge in [-0.2, -0.15) is 0 Å². The van der Waals surface area contributed by atoms with Gasteiger partial charge >= 0.3 is 0 Å². The summed E-state index contributed by atoms with van der Waals surface area (Å²) in [7, 11) is 1.83. The summed E-state index contributed by atoms with van der Waals surface area (Å²) in [6.45, 7) is 7.39. The molecular formula is C14H27N3O. The van der Waals surface area contributed by atoms with Gasteiger partial charge in [-0.25, -0.2) is 0 Å². The molecule has 18 heavy (non-hydrogen) atoms. The molecule has 0 aromatic rings. The van der Waals surface area contributed by atoms with Gasteiger partial charge in [-0.05, 0) is 37.5 Å². The van der Waals surface area contributed by atoms with E-state index >= 15 is 0 Å². The van der Waals surface area contributed by atoms with Crippen LogP contribution in [0.25, 0.3) is 0 Å². The lowest BCUT2D eigenvalue weighted by molar-refractivity contribution is -0.0282. The Labute approximate surface area is 110 Å². The third kappa shape index (κ3) is 2.79. The Bertz CT molecular complexity index is 325. The van der Waals surface area contributed by atoms with Crippen LogP contribution in [-0.4, -0.2) is 48.2 Å². The van der Waals surface area contributed by atoms with Crippen LogP contribution in [0.15, 0.2) is 4.99 Å². The van der Waals surface area contributed by atoms with E-state index in [1.165, 1.54) is 12.8 Å². The Kier molecular flexibility index (Phi) is 3.85. The molecule has 0 aromatic heterocycles. The summed E-state index contributed by atoms with van der Waals surface area (Å²) in [5, 5.41) is 13.5. The van der Waals surface area contributed by atoms with Crippen molar-refractivity contribution in [3.63, 3.8) is 0 Å². The van der Waals surface area contributed by atoms with Crippen molar-refractivity contribution in [1.29, 1.82) is 0 Å². The van der Waals surface area contributed by atoms with Crippen molar-refractivity contribution in [3.8, 4) is 0 Å². The van der Waals surface area contributed by atoms with Gasteiger partial charge in [-0.3, -0.25) is 4.99 Å². The second-order valence-corrected chi connectivity index (χ2v) is 6.31. The van der Waals surface area contributed by atoms with Crippen LogP contribution >= 0.6 is 0 Å². The van der Waals surface area contributed by atoms with Crippen LogP contribution in [0, 0.1) is 5.41 Å². The average molecular weight is 253 g/mol. The first-order valence-corrected chi connectivity index (χ1v) is 7.18. The van der Waals surface area contributed by atoms with Gasteiger partial charge in [0.05, 0.1) is 5.60 Å². The zero-order chi connectivity index (χ0) is 13.2. The van der Waals surface area contributed by atoms with E-state index in [9.17, 15) is 5.11 Å². The molecule has 1 heterocycles. The van der Waals surface area contributed by atoms with E-state index < -0.39 is 5.60 Å². The molecule has 2 aliphatic rings. The third-order valence-electron chi connectivity index (χ3n) is 4.78. The minimum absolute atomic E-state index is 0.422. The summed E-state index contributed by atoms with van der Waals surface area (Å²) in [6.07, 6.45) is 5.43. The van der Waals surface area contributed by atoms with E-state index in [1.807, 2.05) is 7.05 Å². The van der Waals surface area contributed by atoms with E-state index in [0.29, 0.717) is 12.0 Å². The standard InChI is InChI=1S/C14H27N3O/c1-4-13(2)8-9-17(11-13)12(15-3)16-10-14(18)6-5-7-14/h18H,4-11H2,1-3H3,(H,15,16). The van der Waals surface area contributed by atoms with Crippen molar-refractivity contribution in [3.05, 3.63) is 0 Å². The second-order valence-electron chi connectivity index (χ2n) is 6.31. The molecule has 2 N–H and O–H groups in total. The second kappa shape index (κ2) is 5.08. The lowest BCUT2D eigenvalue weighted by Gasteiger charge is -2.37. The fourth-order valence-corrected chi connectivity index (χ4v) is 2.83. The van der Waals surface area contributed by atoms with Crippen molar-refractivity contribution in [1.82, 2.24) is 10.2 Å². The molecule has 1 saturated heterocycles. The largest absolute Gasteiger partial charge is 0.388 e. The van der Waals surface area contributed by atoms with Gasteiger partial charge < -0.3 is 15.3 Å². The smallest absolute Gasteiger partial charge is 0.193 e. The minimum atomic E-state index is -0.482. The van der Waals surface area contributed by atoms with Gasteiger partial charge in [0.15, 0.2) is 5.96 Å². The highest BCUT2D eigenvalue weighted by molar-refractivity contribution is 5.80. The molecule has 0 bridgehead atoms. The number of hydrogen-bond acceptors (Lipinski definition) is 2. The highest BCUT2D eigenvalue weighted by Gasteiger charge is 2.36. The first kappa shape index (κ1) is 13.7. The Hall–Kier alpha value is -0.770. The molecule has 1 aliphatic heterocycles. The normalized spacial score (nSPS) is 31.3. The Balaban J connectivity index is 1.86. The SMILES string of the molecule is CCC1(C)CCN(C(=NC)NCC2(O)CCC2)C1. The summed E-state index contributed by atoms with van der Waals surface area (Å²) in [5.74, 6) is 0.951. The molecule has 4 nitrogen and oxygen atoms in total. The van der Waals surface area contributed by atoms with Crippen molar-refractivity contribution < 1.29 is 5.11 Å². The molecule has 0 amide bonds. The van der Waals surface area contributed by atoms with Gasteiger partial charge in [-0.1, -0.05) is 13.8 Å². The maximum atomic E-state index is 10.1. The molecule has 1 atom stereocenters. The Morgan fingerprint density at radius 1 is 1.39 bits per heavy atom. The molecular weight excluding hydrogens is 226 g/mol. The van der Waals surface area contributed by atoms with Crippen molar-refractivity contribution in [2.75, 3.05) is 26.7 Å². The predicted molar refractivity (Wildman–Crippen MR) is 74.8 cm³/mol. The van der Waals surface area contributed by atoms with Crippen LogP contribution in [0.3, 0.4) is 0 Å².